The molecule has 0 spiro atoms. The van der Waals surface area contributed by atoms with E-state index in [0.29, 0.717) is 22.6 Å². The van der Waals surface area contributed by atoms with Crippen LogP contribution in [0.3, 0.4) is 0 Å². The molecule has 0 radical (unpaired) electrons. The van der Waals surface area contributed by atoms with Crippen LogP contribution < -0.4 is 9.47 Å². The first kappa shape index (κ1) is 21.1. The Labute approximate surface area is 186 Å². The van der Waals surface area contributed by atoms with E-state index in [0.717, 1.165) is 32.7 Å². The van der Waals surface area contributed by atoms with Crippen molar-refractivity contribution in [2.45, 2.75) is 36.7 Å². The molecule has 0 fully saturated rings. The maximum atomic E-state index is 5.53. The highest BCUT2D eigenvalue weighted by Gasteiger charge is 2.16. The molecule has 0 aliphatic rings. The van der Waals surface area contributed by atoms with Crippen molar-refractivity contribution in [3.63, 3.8) is 0 Å². The van der Waals surface area contributed by atoms with Gasteiger partial charge in [-0.1, -0.05) is 38.1 Å². The molecule has 6 heteroatoms. The van der Waals surface area contributed by atoms with Crippen LogP contribution in [0.25, 0.3) is 22.2 Å². The molecule has 4 rings (SSSR count). The number of pyridine rings is 1. The number of rotatable bonds is 6. The number of nitrogens with zero attached hydrogens (tertiary/aromatic N) is 3. The van der Waals surface area contributed by atoms with Gasteiger partial charge in [0.05, 0.1) is 25.4 Å². The fourth-order valence-electron chi connectivity index (χ4n) is 3.35. The Hall–Kier alpha value is -3.12. The lowest BCUT2D eigenvalue weighted by atomic mass is 9.99. The Bertz CT molecular complexity index is 1210. The summed E-state index contributed by atoms with van der Waals surface area (Å²) >= 11 is 1.49. The number of fused-ring (bicyclic) bond motifs is 1. The quantitative estimate of drug-likeness (QED) is 0.334. The fraction of sp³-hybridized carbons (Fsp3) is 0.240. The summed E-state index contributed by atoms with van der Waals surface area (Å²) in [7, 11) is 3.26. The summed E-state index contributed by atoms with van der Waals surface area (Å²) in [5.41, 5.74) is 4.98. The van der Waals surface area contributed by atoms with Gasteiger partial charge in [0.15, 0.2) is 16.7 Å². The average Bonchev–Trinajstić information content (AvgIpc) is 2.79. The highest BCUT2D eigenvalue weighted by Crippen LogP contribution is 2.37. The molecule has 158 valence electrons. The van der Waals surface area contributed by atoms with Gasteiger partial charge in [-0.2, -0.15) is 0 Å². The van der Waals surface area contributed by atoms with Gasteiger partial charge in [0.2, 0.25) is 0 Å². The first-order valence-corrected chi connectivity index (χ1v) is 10.9. The standard InChI is InChI=1S/C25H25N3O2S/c1-15(2)17-7-9-18(10-8-17)24-20-12-22(29-4)23(30-5)13-21(20)27-25(28-24)31-19-11-6-16(3)26-14-19/h6-15H,1-5H3. The van der Waals surface area contributed by atoms with Crippen molar-refractivity contribution in [1.82, 2.24) is 15.0 Å². The van der Waals surface area contributed by atoms with E-state index in [-0.39, 0.29) is 0 Å². The molecule has 0 N–H and O–H groups in total. The SMILES string of the molecule is COc1cc2nc(Sc3ccc(C)nc3)nc(-c3ccc(C(C)C)cc3)c2cc1OC. The minimum absolute atomic E-state index is 0.473. The average molecular weight is 432 g/mol. The molecule has 0 aliphatic heterocycles. The predicted molar refractivity (Wildman–Crippen MR) is 125 cm³/mol. The molecular weight excluding hydrogens is 406 g/mol. The highest BCUT2D eigenvalue weighted by atomic mass is 32.2. The molecule has 0 unspecified atom stereocenters. The summed E-state index contributed by atoms with van der Waals surface area (Å²) in [5.74, 6) is 1.77. The molecule has 5 nitrogen and oxygen atoms in total. The number of hydrogen-bond acceptors (Lipinski definition) is 6. The number of hydrogen-bond donors (Lipinski definition) is 0. The summed E-state index contributed by atoms with van der Waals surface area (Å²) in [6.07, 6.45) is 1.85. The number of ether oxygens (including phenoxy) is 2. The largest absolute Gasteiger partial charge is 0.493 e. The zero-order valence-corrected chi connectivity index (χ0v) is 19.2. The molecule has 0 saturated heterocycles. The number of aromatic nitrogens is 3. The molecule has 2 aromatic heterocycles. The van der Waals surface area contributed by atoms with Crippen LogP contribution >= 0.6 is 11.8 Å². The Morgan fingerprint density at radius 2 is 1.58 bits per heavy atom. The molecule has 0 aliphatic carbocycles. The number of methoxy groups -OCH3 is 2. The zero-order valence-electron chi connectivity index (χ0n) is 18.3. The van der Waals surface area contributed by atoms with Crippen LogP contribution in [0.2, 0.25) is 0 Å². The third-order valence-electron chi connectivity index (χ3n) is 5.12. The summed E-state index contributed by atoms with van der Waals surface area (Å²) in [6, 6.07) is 16.4. The van der Waals surface area contributed by atoms with E-state index in [1.54, 1.807) is 14.2 Å². The van der Waals surface area contributed by atoms with Crippen molar-refractivity contribution in [2.75, 3.05) is 14.2 Å². The van der Waals surface area contributed by atoms with Crippen molar-refractivity contribution < 1.29 is 9.47 Å². The van der Waals surface area contributed by atoms with Crippen LogP contribution in [-0.4, -0.2) is 29.2 Å². The normalized spacial score (nSPS) is 11.2. The van der Waals surface area contributed by atoms with E-state index in [2.05, 4.69) is 43.1 Å². The Morgan fingerprint density at radius 3 is 2.19 bits per heavy atom. The first-order chi connectivity index (χ1) is 15.0. The van der Waals surface area contributed by atoms with Crippen LogP contribution in [0.15, 0.2) is 64.8 Å². The monoisotopic (exact) mass is 431 g/mol. The summed E-state index contributed by atoms with van der Waals surface area (Å²) < 4.78 is 11.0. The Morgan fingerprint density at radius 1 is 0.871 bits per heavy atom. The van der Waals surface area contributed by atoms with E-state index in [9.17, 15) is 0 Å². The number of benzene rings is 2. The predicted octanol–water partition coefficient (Wildman–Crippen LogP) is 6.29. The highest BCUT2D eigenvalue weighted by molar-refractivity contribution is 7.99. The topological polar surface area (TPSA) is 57.1 Å². The lowest BCUT2D eigenvalue weighted by molar-refractivity contribution is 0.355. The Balaban J connectivity index is 1.88. The fourth-order valence-corrected chi connectivity index (χ4v) is 4.08. The first-order valence-electron chi connectivity index (χ1n) is 10.1. The molecule has 0 saturated carbocycles. The smallest absolute Gasteiger partial charge is 0.193 e. The maximum absolute atomic E-state index is 5.53. The van der Waals surface area contributed by atoms with Crippen molar-refractivity contribution >= 4 is 22.7 Å². The van der Waals surface area contributed by atoms with Gasteiger partial charge in [0.1, 0.15) is 0 Å². The number of aryl methyl sites for hydroxylation is 1. The second-order valence-corrected chi connectivity index (χ2v) is 8.63. The van der Waals surface area contributed by atoms with E-state index >= 15 is 0 Å². The van der Waals surface area contributed by atoms with Gasteiger partial charge < -0.3 is 9.47 Å². The maximum Gasteiger partial charge on any atom is 0.193 e. The lowest BCUT2D eigenvalue weighted by Gasteiger charge is -2.13. The summed E-state index contributed by atoms with van der Waals surface area (Å²) in [4.78, 5) is 15.1. The Kier molecular flexibility index (Phi) is 6.09. The lowest BCUT2D eigenvalue weighted by Crippen LogP contribution is -1.97. The van der Waals surface area contributed by atoms with Gasteiger partial charge in [0, 0.05) is 33.8 Å². The van der Waals surface area contributed by atoms with Gasteiger partial charge in [-0.25, -0.2) is 9.97 Å². The van der Waals surface area contributed by atoms with Gasteiger partial charge in [0.25, 0.3) is 0 Å². The summed E-state index contributed by atoms with van der Waals surface area (Å²) in [6.45, 7) is 6.35. The van der Waals surface area contributed by atoms with Crippen molar-refractivity contribution in [3.8, 4) is 22.8 Å². The summed E-state index contributed by atoms with van der Waals surface area (Å²) in [5, 5.41) is 1.58. The van der Waals surface area contributed by atoms with Crippen LogP contribution in [0.4, 0.5) is 0 Å². The van der Waals surface area contributed by atoms with E-state index in [1.165, 1.54) is 17.3 Å². The molecule has 0 atom stereocenters. The van der Waals surface area contributed by atoms with Gasteiger partial charge in [-0.05, 0) is 48.4 Å². The van der Waals surface area contributed by atoms with Crippen molar-refractivity contribution in [3.05, 3.63) is 66.0 Å². The second kappa shape index (κ2) is 8.94. The second-order valence-electron chi connectivity index (χ2n) is 7.59. The van der Waals surface area contributed by atoms with Gasteiger partial charge >= 0.3 is 0 Å². The van der Waals surface area contributed by atoms with Crippen molar-refractivity contribution in [2.24, 2.45) is 0 Å². The molecule has 0 amide bonds. The van der Waals surface area contributed by atoms with Crippen LogP contribution in [0, 0.1) is 6.92 Å². The zero-order chi connectivity index (χ0) is 22.0. The third-order valence-corrected chi connectivity index (χ3v) is 5.97. The minimum atomic E-state index is 0.473. The molecule has 4 aromatic rings. The van der Waals surface area contributed by atoms with Crippen LogP contribution in [0.5, 0.6) is 11.5 Å². The minimum Gasteiger partial charge on any atom is -0.493 e. The molecule has 31 heavy (non-hydrogen) atoms. The molecule has 0 bridgehead atoms. The van der Waals surface area contributed by atoms with E-state index < -0.39 is 0 Å². The van der Waals surface area contributed by atoms with Crippen LogP contribution in [0.1, 0.15) is 31.0 Å². The third kappa shape index (κ3) is 4.49. The van der Waals surface area contributed by atoms with E-state index in [4.69, 9.17) is 19.4 Å². The van der Waals surface area contributed by atoms with E-state index in [1.807, 2.05) is 37.4 Å². The van der Waals surface area contributed by atoms with Gasteiger partial charge in [-0.15, -0.1) is 0 Å². The molecular formula is C25H25N3O2S. The van der Waals surface area contributed by atoms with Gasteiger partial charge in [-0.3, -0.25) is 4.98 Å². The van der Waals surface area contributed by atoms with Crippen LogP contribution in [-0.2, 0) is 0 Å². The molecule has 2 aromatic carbocycles. The van der Waals surface area contributed by atoms with Crippen molar-refractivity contribution in [1.29, 1.82) is 0 Å². The molecule has 2 heterocycles.